The lowest BCUT2D eigenvalue weighted by molar-refractivity contribution is 0.337. The van der Waals surface area contributed by atoms with Gasteiger partial charge in [0.15, 0.2) is 5.05 Å². The van der Waals surface area contributed by atoms with E-state index in [1.807, 2.05) is 19.1 Å². The molecular formula is C9H9ClOS. The first-order valence-corrected chi connectivity index (χ1v) is 4.45. The summed E-state index contributed by atoms with van der Waals surface area (Å²) in [6, 6.07) is 7.28. The highest BCUT2D eigenvalue weighted by molar-refractivity contribution is 7.80. The van der Waals surface area contributed by atoms with E-state index in [0.29, 0.717) is 16.7 Å². The summed E-state index contributed by atoms with van der Waals surface area (Å²) in [6.45, 7) is 2.50. The van der Waals surface area contributed by atoms with Crippen LogP contribution < -0.4 is 0 Å². The fraction of sp³-hybridized carbons (Fsp3) is 0.222. The van der Waals surface area contributed by atoms with Gasteiger partial charge in [0.2, 0.25) is 0 Å². The topological polar surface area (TPSA) is 9.23 Å². The fourth-order valence-corrected chi connectivity index (χ4v) is 1.18. The van der Waals surface area contributed by atoms with Crippen LogP contribution in [0.25, 0.3) is 0 Å². The summed E-state index contributed by atoms with van der Waals surface area (Å²) < 4.78 is 5.16. The van der Waals surface area contributed by atoms with Gasteiger partial charge in [-0.2, -0.15) is 0 Å². The Morgan fingerprint density at radius 2 is 2.00 bits per heavy atom. The van der Waals surface area contributed by atoms with E-state index >= 15 is 0 Å². The number of hydrogen-bond donors (Lipinski definition) is 0. The number of rotatable bonds is 2. The Labute approximate surface area is 82.3 Å². The van der Waals surface area contributed by atoms with E-state index in [4.69, 9.17) is 28.6 Å². The number of benzene rings is 1. The Balaban J connectivity index is 2.75. The summed E-state index contributed by atoms with van der Waals surface area (Å²) in [5.41, 5.74) is 0.899. The Hall–Kier alpha value is -0.600. The molecule has 3 heteroatoms. The van der Waals surface area contributed by atoms with E-state index in [9.17, 15) is 0 Å². The monoisotopic (exact) mass is 200 g/mol. The largest absolute Gasteiger partial charge is 0.483 e. The predicted molar refractivity (Wildman–Crippen MR) is 54.8 cm³/mol. The first kappa shape index (κ1) is 9.49. The SMILES string of the molecule is CCOC(=S)c1ccc(Cl)cc1. The van der Waals surface area contributed by atoms with Crippen molar-refractivity contribution in [3.63, 3.8) is 0 Å². The van der Waals surface area contributed by atoms with Crippen LogP contribution in [0.1, 0.15) is 12.5 Å². The normalized spacial score (nSPS) is 9.50. The molecule has 1 nitrogen and oxygen atoms in total. The summed E-state index contributed by atoms with van der Waals surface area (Å²) in [4.78, 5) is 0. The van der Waals surface area contributed by atoms with Gasteiger partial charge in [-0.05, 0) is 43.4 Å². The standard InChI is InChI=1S/C9H9ClOS/c1-2-11-9(12)7-3-5-8(10)6-4-7/h3-6H,2H2,1H3. The number of thiocarbonyl (C=S) groups is 1. The zero-order chi connectivity index (χ0) is 8.97. The minimum atomic E-state index is 0.522. The summed E-state index contributed by atoms with van der Waals surface area (Å²) in [6.07, 6.45) is 0. The number of halogens is 1. The van der Waals surface area contributed by atoms with Crippen molar-refractivity contribution in [1.29, 1.82) is 0 Å². The van der Waals surface area contributed by atoms with Gasteiger partial charge in [-0.3, -0.25) is 0 Å². The molecule has 1 aromatic rings. The maximum absolute atomic E-state index is 5.71. The van der Waals surface area contributed by atoms with E-state index < -0.39 is 0 Å². The second kappa shape index (κ2) is 4.43. The Kier molecular flexibility index (Phi) is 3.50. The summed E-state index contributed by atoms with van der Waals surface area (Å²) in [5.74, 6) is 0. The van der Waals surface area contributed by atoms with Crippen molar-refractivity contribution in [2.45, 2.75) is 6.92 Å². The van der Waals surface area contributed by atoms with Crippen molar-refractivity contribution in [2.24, 2.45) is 0 Å². The molecule has 1 aromatic carbocycles. The number of ether oxygens (including phenoxy) is 1. The minimum Gasteiger partial charge on any atom is -0.483 e. The first-order chi connectivity index (χ1) is 5.74. The van der Waals surface area contributed by atoms with Crippen molar-refractivity contribution >= 4 is 28.9 Å². The van der Waals surface area contributed by atoms with Crippen LogP contribution in [-0.2, 0) is 4.74 Å². The average molecular weight is 201 g/mol. The molecule has 0 heterocycles. The molecule has 12 heavy (non-hydrogen) atoms. The summed E-state index contributed by atoms with van der Waals surface area (Å²) >= 11 is 10.7. The van der Waals surface area contributed by atoms with Crippen LogP contribution in [0.3, 0.4) is 0 Å². The van der Waals surface area contributed by atoms with Crippen LogP contribution in [0, 0.1) is 0 Å². The third kappa shape index (κ3) is 2.47. The lowest BCUT2D eigenvalue weighted by Crippen LogP contribution is -2.02. The quantitative estimate of drug-likeness (QED) is 0.679. The van der Waals surface area contributed by atoms with Crippen LogP contribution >= 0.6 is 23.8 Å². The predicted octanol–water partition coefficient (Wildman–Crippen LogP) is 3.05. The molecule has 64 valence electrons. The summed E-state index contributed by atoms with van der Waals surface area (Å²) in [5, 5.41) is 1.23. The molecule has 0 unspecified atom stereocenters. The smallest absolute Gasteiger partial charge is 0.191 e. The molecule has 0 saturated heterocycles. The molecule has 0 aliphatic rings. The van der Waals surface area contributed by atoms with Gasteiger partial charge < -0.3 is 4.74 Å². The molecule has 0 atom stereocenters. The average Bonchev–Trinajstić information content (AvgIpc) is 2.06. The van der Waals surface area contributed by atoms with E-state index in [2.05, 4.69) is 0 Å². The highest BCUT2D eigenvalue weighted by Gasteiger charge is 1.99. The van der Waals surface area contributed by atoms with Gasteiger partial charge in [0.25, 0.3) is 0 Å². The molecule has 1 rings (SSSR count). The highest BCUT2D eigenvalue weighted by atomic mass is 35.5. The Morgan fingerprint density at radius 1 is 1.42 bits per heavy atom. The molecular weight excluding hydrogens is 192 g/mol. The molecule has 0 N–H and O–H groups in total. The molecule has 0 bridgehead atoms. The third-order valence-corrected chi connectivity index (χ3v) is 1.96. The van der Waals surface area contributed by atoms with Crippen molar-refractivity contribution in [3.05, 3.63) is 34.9 Å². The second-order valence-corrected chi connectivity index (χ2v) is 3.03. The van der Waals surface area contributed by atoms with Crippen LogP contribution in [0.2, 0.25) is 5.02 Å². The van der Waals surface area contributed by atoms with Crippen LogP contribution in [0.15, 0.2) is 24.3 Å². The maximum Gasteiger partial charge on any atom is 0.191 e. The van der Waals surface area contributed by atoms with Gasteiger partial charge in [-0.15, -0.1) is 0 Å². The van der Waals surface area contributed by atoms with Gasteiger partial charge in [0.05, 0.1) is 6.61 Å². The molecule has 0 aliphatic heterocycles. The first-order valence-electron chi connectivity index (χ1n) is 3.66. The van der Waals surface area contributed by atoms with E-state index in [-0.39, 0.29) is 0 Å². The molecule has 0 aromatic heterocycles. The Morgan fingerprint density at radius 3 is 2.50 bits per heavy atom. The fourth-order valence-electron chi connectivity index (χ4n) is 0.800. The highest BCUT2D eigenvalue weighted by Crippen LogP contribution is 2.10. The molecule has 0 fully saturated rings. The zero-order valence-electron chi connectivity index (χ0n) is 6.71. The molecule has 0 saturated carbocycles. The van der Waals surface area contributed by atoms with Crippen LogP contribution in [0.4, 0.5) is 0 Å². The second-order valence-electron chi connectivity index (χ2n) is 2.23. The van der Waals surface area contributed by atoms with Gasteiger partial charge in [-0.25, -0.2) is 0 Å². The van der Waals surface area contributed by atoms with Crippen molar-refractivity contribution in [1.82, 2.24) is 0 Å². The molecule has 0 radical (unpaired) electrons. The van der Waals surface area contributed by atoms with Crippen molar-refractivity contribution < 1.29 is 4.74 Å². The van der Waals surface area contributed by atoms with E-state index in [0.717, 1.165) is 5.56 Å². The minimum absolute atomic E-state index is 0.522. The van der Waals surface area contributed by atoms with Gasteiger partial charge >= 0.3 is 0 Å². The Bertz CT molecular complexity index is 268. The van der Waals surface area contributed by atoms with Crippen LogP contribution in [-0.4, -0.2) is 11.7 Å². The zero-order valence-corrected chi connectivity index (χ0v) is 8.28. The maximum atomic E-state index is 5.71. The molecule has 0 spiro atoms. The lowest BCUT2D eigenvalue weighted by atomic mass is 10.2. The van der Waals surface area contributed by atoms with Gasteiger partial charge in [0, 0.05) is 10.6 Å². The summed E-state index contributed by atoms with van der Waals surface area (Å²) in [7, 11) is 0. The van der Waals surface area contributed by atoms with E-state index in [1.165, 1.54) is 0 Å². The van der Waals surface area contributed by atoms with E-state index in [1.54, 1.807) is 12.1 Å². The van der Waals surface area contributed by atoms with Gasteiger partial charge in [-0.1, -0.05) is 11.6 Å². The lowest BCUT2D eigenvalue weighted by Gasteiger charge is -2.03. The van der Waals surface area contributed by atoms with Gasteiger partial charge in [0.1, 0.15) is 0 Å². The molecule has 0 aliphatic carbocycles. The van der Waals surface area contributed by atoms with Crippen LogP contribution in [0.5, 0.6) is 0 Å². The third-order valence-electron chi connectivity index (χ3n) is 1.36. The van der Waals surface area contributed by atoms with Crippen molar-refractivity contribution in [3.8, 4) is 0 Å². The molecule has 0 amide bonds. The number of hydrogen-bond acceptors (Lipinski definition) is 2. The van der Waals surface area contributed by atoms with Crippen molar-refractivity contribution in [2.75, 3.05) is 6.61 Å².